The van der Waals surface area contributed by atoms with Crippen LogP contribution in [0.3, 0.4) is 0 Å². The topological polar surface area (TPSA) is 124 Å². The first kappa shape index (κ1) is 47.4. The van der Waals surface area contributed by atoms with Gasteiger partial charge in [-0.2, -0.15) is 26.3 Å². The first-order valence-electron chi connectivity index (χ1n) is 18.1. The van der Waals surface area contributed by atoms with Crippen molar-refractivity contribution in [2.24, 2.45) is 0 Å². The highest BCUT2D eigenvalue weighted by atomic mass is 19.4. The van der Waals surface area contributed by atoms with Gasteiger partial charge in [-0.1, -0.05) is 13.2 Å². The van der Waals surface area contributed by atoms with E-state index in [0.717, 1.165) is 42.5 Å². The smallest absolute Gasteiger partial charge is 0.420 e. The Morgan fingerprint density at radius 3 is 1.34 bits per heavy atom. The van der Waals surface area contributed by atoms with Crippen LogP contribution in [-0.2, 0) is 31.4 Å². The fourth-order valence-corrected chi connectivity index (χ4v) is 5.12. The molecule has 3 aromatic carbocycles. The van der Waals surface area contributed by atoms with Gasteiger partial charge in [0, 0.05) is 23.8 Å². The summed E-state index contributed by atoms with van der Waals surface area (Å²) in [4.78, 5) is 47.9. The lowest BCUT2D eigenvalue weighted by atomic mass is 10.0. The lowest BCUT2D eigenvalue weighted by Gasteiger charge is -2.21. The summed E-state index contributed by atoms with van der Waals surface area (Å²) in [5, 5.41) is 0. The van der Waals surface area contributed by atoms with E-state index >= 15 is 0 Å². The third kappa shape index (κ3) is 15.1. The number of carbonyl (C=O) groups is 4. The van der Waals surface area contributed by atoms with Crippen LogP contribution in [0.25, 0.3) is 0 Å². The first-order valence-corrected chi connectivity index (χ1v) is 18.1. The van der Waals surface area contributed by atoms with E-state index < -0.39 is 81.6 Å². The quantitative estimate of drug-likeness (QED) is 0.0317. The minimum Gasteiger partial charge on any atom is -0.493 e. The van der Waals surface area contributed by atoms with Gasteiger partial charge in [0.05, 0.1) is 37.6 Å². The minimum atomic E-state index is -5.88. The van der Waals surface area contributed by atoms with Gasteiger partial charge in [-0.05, 0) is 94.7 Å². The Balaban J connectivity index is 1.66. The summed E-state index contributed by atoms with van der Waals surface area (Å²) in [6.07, 6.45) is -5.89. The third-order valence-corrected chi connectivity index (χ3v) is 8.03. The fraction of sp³-hybridized carbons (Fsp3) is 0.366. The molecule has 0 aromatic heterocycles. The standard InChI is InChI=1S/C41H40F8O10/c1-4-34(50)56-21-11-7-5-9-19-54-26-13-15-28(30(42)23-26)38(52)58-32-17-18-33(36(41(47,48)49)35(32)40(44,45)46)59-39(53)29-16-14-27(24-31(29)43)55-20-10-6-8-12-22-57-37(51)25(2)3/h4,13-18,23-24H,1-2,5-12,19-22H2,3H3. The SMILES string of the molecule is C=CC(=O)OCCCCCCOc1ccc(C(=O)Oc2ccc(OC(=O)c3ccc(OCCCCCCOC(=O)C(=C)C)cc3F)c(C(F)(F)F)c2C(F)(F)F)c(F)c1. The van der Waals surface area contributed by atoms with E-state index in [9.17, 15) is 54.3 Å². The van der Waals surface area contributed by atoms with Crippen molar-refractivity contribution in [1.82, 2.24) is 0 Å². The Morgan fingerprint density at radius 2 is 0.983 bits per heavy atom. The number of ether oxygens (including phenoxy) is 6. The summed E-state index contributed by atoms with van der Waals surface area (Å²) in [5.74, 6) is -10.8. The molecule has 320 valence electrons. The summed E-state index contributed by atoms with van der Waals surface area (Å²) < 4.78 is 145. The fourth-order valence-electron chi connectivity index (χ4n) is 5.12. The molecule has 0 unspecified atom stereocenters. The monoisotopic (exact) mass is 844 g/mol. The molecule has 0 bridgehead atoms. The summed E-state index contributed by atoms with van der Waals surface area (Å²) in [6, 6.07) is 5.79. The van der Waals surface area contributed by atoms with Crippen LogP contribution in [0.1, 0.15) is 90.1 Å². The number of hydrogen-bond donors (Lipinski definition) is 0. The molecule has 18 heteroatoms. The van der Waals surface area contributed by atoms with Crippen LogP contribution in [0, 0.1) is 11.6 Å². The second-order valence-corrected chi connectivity index (χ2v) is 12.7. The molecule has 3 aromatic rings. The van der Waals surface area contributed by atoms with Gasteiger partial charge in [-0.15, -0.1) is 0 Å². The van der Waals surface area contributed by atoms with Gasteiger partial charge in [0.15, 0.2) is 0 Å². The molecule has 0 heterocycles. The normalized spacial score (nSPS) is 11.3. The van der Waals surface area contributed by atoms with Gasteiger partial charge in [-0.3, -0.25) is 0 Å². The van der Waals surface area contributed by atoms with Gasteiger partial charge in [0.1, 0.15) is 45.8 Å². The Morgan fingerprint density at radius 1 is 0.593 bits per heavy atom. The number of carbonyl (C=O) groups excluding carboxylic acids is 4. The molecular formula is C41H40F8O10. The van der Waals surface area contributed by atoms with Crippen LogP contribution in [0.15, 0.2) is 73.3 Å². The molecule has 0 spiro atoms. The number of alkyl halides is 6. The average molecular weight is 845 g/mol. The van der Waals surface area contributed by atoms with Crippen LogP contribution in [0.4, 0.5) is 35.1 Å². The van der Waals surface area contributed by atoms with Gasteiger partial charge in [-0.25, -0.2) is 28.0 Å². The van der Waals surface area contributed by atoms with E-state index in [4.69, 9.17) is 18.9 Å². The van der Waals surface area contributed by atoms with E-state index in [-0.39, 0.29) is 55.6 Å². The summed E-state index contributed by atoms with van der Waals surface area (Å²) in [7, 11) is 0. The molecular weight excluding hydrogens is 804 g/mol. The predicted octanol–water partition coefficient (Wildman–Crippen LogP) is 10.2. The Bertz CT molecular complexity index is 1970. The predicted molar refractivity (Wildman–Crippen MR) is 194 cm³/mol. The number of halogens is 8. The zero-order valence-electron chi connectivity index (χ0n) is 31.7. The lowest BCUT2D eigenvalue weighted by molar-refractivity contribution is -0.163. The average Bonchev–Trinajstić information content (AvgIpc) is 3.16. The van der Waals surface area contributed by atoms with Crippen molar-refractivity contribution < 1.29 is 82.7 Å². The van der Waals surface area contributed by atoms with E-state index in [1.807, 2.05) is 0 Å². The lowest BCUT2D eigenvalue weighted by Crippen LogP contribution is -2.23. The van der Waals surface area contributed by atoms with Gasteiger partial charge in [0.25, 0.3) is 0 Å². The van der Waals surface area contributed by atoms with Crippen LogP contribution in [-0.4, -0.2) is 50.3 Å². The zero-order valence-corrected chi connectivity index (χ0v) is 31.7. The highest BCUT2D eigenvalue weighted by Gasteiger charge is 2.49. The summed E-state index contributed by atoms with van der Waals surface area (Å²) in [6.45, 7) is 8.88. The molecule has 0 atom stereocenters. The molecule has 10 nitrogen and oxygen atoms in total. The van der Waals surface area contributed by atoms with Gasteiger partial charge in [0.2, 0.25) is 0 Å². The molecule has 0 amide bonds. The van der Waals surface area contributed by atoms with Crippen molar-refractivity contribution in [3.63, 3.8) is 0 Å². The second kappa shape index (κ2) is 22.3. The maximum absolute atomic E-state index is 14.9. The van der Waals surface area contributed by atoms with Crippen molar-refractivity contribution >= 4 is 23.9 Å². The zero-order chi connectivity index (χ0) is 43.8. The maximum atomic E-state index is 14.9. The minimum absolute atomic E-state index is 0.0662. The largest absolute Gasteiger partial charge is 0.493 e. The van der Waals surface area contributed by atoms with Crippen molar-refractivity contribution in [2.75, 3.05) is 26.4 Å². The van der Waals surface area contributed by atoms with E-state index in [1.54, 1.807) is 0 Å². The second-order valence-electron chi connectivity index (χ2n) is 12.7. The van der Waals surface area contributed by atoms with E-state index in [0.29, 0.717) is 51.4 Å². The molecule has 0 fully saturated rings. The third-order valence-electron chi connectivity index (χ3n) is 8.03. The van der Waals surface area contributed by atoms with Gasteiger partial charge >= 0.3 is 36.2 Å². The van der Waals surface area contributed by atoms with E-state index in [1.165, 1.54) is 6.92 Å². The molecule has 0 saturated carbocycles. The maximum Gasteiger partial charge on any atom is 0.420 e. The van der Waals surface area contributed by atoms with Crippen LogP contribution in [0.5, 0.6) is 23.0 Å². The Hall–Kier alpha value is -5.94. The number of benzene rings is 3. The number of hydrogen-bond acceptors (Lipinski definition) is 10. The van der Waals surface area contributed by atoms with Crippen LogP contribution >= 0.6 is 0 Å². The Kier molecular flexibility index (Phi) is 17.9. The van der Waals surface area contributed by atoms with Crippen molar-refractivity contribution in [1.29, 1.82) is 0 Å². The van der Waals surface area contributed by atoms with Crippen molar-refractivity contribution in [3.8, 4) is 23.0 Å². The van der Waals surface area contributed by atoms with Crippen molar-refractivity contribution in [3.05, 3.63) is 107 Å². The molecule has 3 rings (SSSR count). The Labute approximate surface area is 333 Å². The highest BCUT2D eigenvalue weighted by molar-refractivity contribution is 5.93. The number of rotatable bonds is 22. The molecule has 0 saturated heterocycles. The molecule has 59 heavy (non-hydrogen) atoms. The molecule has 0 radical (unpaired) electrons. The van der Waals surface area contributed by atoms with Gasteiger partial charge < -0.3 is 28.4 Å². The molecule has 0 aliphatic heterocycles. The van der Waals surface area contributed by atoms with Crippen LogP contribution in [0.2, 0.25) is 0 Å². The number of esters is 4. The summed E-state index contributed by atoms with van der Waals surface area (Å²) in [5.41, 5.74) is -6.74. The molecule has 0 aliphatic carbocycles. The van der Waals surface area contributed by atoms with Crippen molar-refractivity contribution in [2.45, 2.75) is 70.6 Å². The number of unbranched alkanes of at least 4 members (excludes halogenated alkanes) is 6. The molecule has 0 N–H and O–H groups in total. The highest BCUT2D eigenvalue weighted by Crippen LogP contribution is 2.49. The molecule has 0 aliphatic rings. The van der Waals surface area contributed by atoms with Crippen LogP contribution < -0.4 is 18.9 Å². The first-order chi connectivity index (χ1) is 27.8. The summed E-state index contributed by atoms with van der Waals surface area (Å²) >= 11 is 0. The van der Waals surface area contributed by atoms with E-state index in [2.05, 4.69) is 22.6 Å².